The van der Waals surface area contributed by atoms with Gasteiger partial charge in [0, 0.05) is 22.1 Å². The van der Waals surface area contributed by atoms with E-state index in [-0.39, 0.29) is 17.8 Å². The molecule has 0 aliphatic heterocycles. The van der Waals surface area contributed by atoms with Crippen molar-refractivity contribution in [2.45, 2.75) is 50.6 Å². The second-order valence-corrected chi connectivity index (χ2v) is 6.86. The molecule has 0 saturated heterocycles. The van der Waals surface area contributed by atoms with Crippen molar-refractivity contribution in [1.82, 2.24) is 4.90 Å². The van der Waals surface area contributed by atoms with E-state index in [1.807, 2.05) is 11.9 Å². The first-order valence-electron chi connectivity index (χ1n) is 7.30. The summed E-state index contributed by atoms with van der Waals surface area (Å²) in [6.07, 6.45) is 5.09. The first-order chi connectivity index (χ1) is 9.93. The molecule has 1 aromatic rings. The highest BCUT2D eigenvalue weighted by Gasteiger charge is 2.38. The monoisotopic (exact) mass is 357 g/mol. The average Bonchev–Trinajstić information content (AvgIpc) is 2.43. The lowest BCUT2D eigenvalue weighted by molar-refractivity contribution is -0.141. The van der Waals surface area contributed by atoms with Gasteiger partial charge < -0.3 is 5.11 Å². The standard InChI is InChI=1S/C16H21BrFNO2/c1-19(11-12-9-13(17)5-6-14(12)18)16(10-15(20)21)7-3-2-4-8-16/h5-6,9H,2-4,7-8,10-11H2,1H3,(H,20,21). The van der Waals surface area contributed by atoms with E-state index in [2.05, 4.69) is 15.9 Å². The summed E-state index contributed by atoms with van der Waals surface area (Å²) in [6.45, 7) is 0.429. The van der Waals surface area contributed by atoms with E-state index in [0.29, 0.717) is 12.1 Å². The van der Waals surface area contributed by atoms with E-state index in [1.54, 1.807) is 12.1 Å². The first kappa shape index (κ1) is 16.4. The van der Waals surface area contributed by atoms with Crippen molar-refractivity contribution in [2.75, 3.05) is 7.05 Å². The van der Waals surface area contributed by atoms with Gasteiger partial charge in [-0.2, -0.15) is 0 Å². The molecule has 0 heterocycles. The number of rotatable bonds is 5. The maximum Gasteiger partial charge on any atom is 0.305 e. The second kappa shape index (κ2) is 6.88. The number of carbonyl (C=O) groups is 1. The summed E-state index contributed by atoms with van der Waals surface area (Å²) < 4.78 is 14.8. The Hall–Kier alpha value is -0.940. The van der Waals surface area contributed by atoms with Crippen LogP contribution < -0.4 is 0 Å². The van der Waals surface area contributed by atoms with Gasteiger partial charge in [-0.1, -0.05) is 35.2 Å². The largest absolute Gasteiger partial charge is 0.481 e. The van der Waals surface area contributed by atoms with Gasteiger partial charge in [0.1, 0.15) is 5.82 Å². The predicted molar refractivity (Wildman–Crippen MR) is 83.6 cm³/mol. The van der Waals surface area contributed by atoms with E-state index >= 15 is 0 Å². The van der Waals surface area contributed by atoms with Crippen LogP contribution in [0.1, 0.15) is 44.1 Å². The van der Waals surface area contributed by atoms with Crippen LogP contribution in [0.2, 0.25) is 0 Å². The summed E-state index contributed by atoms with van der Waals surface area (Å²) in [6, 6.07) is 4.88. The maximum atomic E-state index is 13.9. The van der Waals surface area contributed by atoms with E-state index in [4.69, 9.17) is 0 Å². The Morgan fingerprint density at radius 2 is 2.05 bits per heavy atom. The third kappa shape index (κ3) is 4.04. The summed E-state index contributed by atoms with van der Waals surface area (Å²) in [5.41, 5.74) is 0.251. The van der Waals surface area contributed by atoms with E-state index < -0.39 is 5.97 Å². The van der Waals surface area contributed by atoms with Crippen molar-refractivity contribution in [3.8, 4) is 0 Å². The van der Waals surface area contributed by atoms with Gasteiger partial charge in [0.05, 0.1) is 6.42 Å². The fourth-order valence-electron chi connectivity index (χ4n) is 3.27. The number of hydrogen-bond donors (Lipinski definition) is 1. The Kier molecular flexibility index (Phi) is 5.38. The Morgan fingerprint density at radius 1 is 1.38 bits per heavy atom. The van der Waals surface area contributed by atoms with Crippen LogP contribution in [-0.4, -0.2) is 28.6 Å². The molecular formula is C16H21BrFNO2. The third-order valence-electron chi connectivity index (χ3n) is 4.49. The Morgan fingerprint density at radius 3 is 2.67 bits per heavy atom. The van der Waals surface area contributed by atoms with Gasteiger partial charge in [-0.05, 0) is 38.1 Å². The molecule has 3 nitrogen and oxygen atoms in total. The number of hydrogen-bond acceptors (Lipinski definition) is 2. The second-order valence-electron chi connectivity index (χ2n) is 5.95. The molecule has 1 N–H and O–H groups in total. The van der Waals surface area contributed by atoms with E-state index in [0.717, 1.165) is 36.6 Å². The van der Waals surface area contributed by atoms with Crippen LogP contribution in [0.3, 0.4) is 0 Å². The van der Waals surface area contributed by atoms with Gasteiger partial charge >= 0.3 is 5.97 Å². The van der Waals surface area contributed by atoms with Crippen LogP contribution in [0.5, 0.6) is 0 Å². The first-order valence-corrected chi connectivity index (χ1v) is 8.09. The van der Waals surface area contributed by atoms with Gasteiger partial charge in [0.15, 0.2) is 0 Å². The Bertz CT molecular complexity index is 515. The van der Waals surface area contributed by atoms with Crippen LogP contribution >= 0.6 is 15.9 Å². The van der Waals surface area contributed by atoms with E-state index in [1.165, 1.54) is 6.07 Å². The molecule has 5 heteroatoms. The normalized spacial score (nSPS) is 17.9. The van der Waals surface area contributed by atoms with Gasteiger partial charge in [0.25, 0.3) is 0 Å². The van der Waals surface area contributed by atoms with Crippen LogP contribution in [0.15, 0.2) is 22.7 Å². The highest BCUT2D eigenvalue weighted by atomic mass is 79.9. The molecular weight excluding hydrogens is 337 g/mol. The topological polar surface area (TPSA) is 40.5 Å². The van der Waals surface area contributed by atoms with E-state index in [9.17, 15) is 14.3 Å². The Balaban J connectivity index is 2.19. The molecule has 0 unspecified atom stereocenters. The van der Waals surface area contributed by atoms with Crippen LogP contribution in [0, 0.1) is 5.82 Å². The van der Waals surface area contributed by atoms with Crippen LogP contribution in [0.25, 0.3) is 0 Å². The number of aliphatic carboxylic acids is 1. The van der Waals surface area contributed by atoms with Crippen LogP contribution in [0.4, 0.5) is 4.39 Å². The minimum Gasteiger partial charge on any atom is -0.481 e. The van der Waals surface area contributed by atoms with Crippen molar-refractivity contribution in [3.63, 3.8) is 0 Å². The number of halogens is 2. The molecule has 0 spiro atoms. The molecule has 0 aromatic heterocycles. The van der Waals surface area contributed by atoms with Crippen LogP contribution in [-0.2, 0) is 11.3 Å². The summed E-state index contributed by atoms with van der Waals surface area (Å²) in [5.74, 6) is -1.02. The predicted octanol–water partition coefficient (Wildman–Crippen LogP) is 4.20. The van der Waals surface area contributed by atoms with Gasteiger partial charge in [0.2, 0.25) is 0 Å². The molecule has 1 fully saturated rings. The Labute approximate surface area is 133 Å². The van der Waals surface area contributed by atoms with Gasteiger partial charge in [-0.15, -0.1) is 0 Å². The molecule has 0 radical (unpaired) electrons. The molecule has 0 atom stereocenters. The van der Waals surface area contributed by atoms with Crippen molar-refractivity contribution >= 4 is 21.9 Å². The molecule has 21 heavy (non-hydrogen) atoms. The third-order valence-corrected chi connectivity index (χ3v) is 4.98. The summed E-state index contributed by atoms with van der Waals surface area (Å²) in [5, 5.41) is 9.24. The summed E-state index contributed by atoms with van der Waals surface area (Å²) in [7, 11) is 1.91. The fourth-order valence-corrected chi connectivity index (χ4v) is 3.68. The molecule has 1 aliphatic rings. The number of carboxylic acids is 1. The highest BCUT2D eigenvalue weighted by Crippen LogP contribution is 2.37. The molecule has 1 aromatic carbocycles. The van der Waals surface area contributed by atoms with Gasteiger partial charge in [-0.25, -0.2) is 4.39 Å². The summed E-state index contributed by atoms with van der Waals surface area (Å²) >= 11 is 3.36. The van der Waals surface area contributed by atoms with Crippen molar-refractivity contribution in [3.05, 3.63) is 34.1 Å². The molecule has 1 aliphatic carbocycles. The molecule has 1 saturated carbocycles. The fraction of sp³-hybridized carbons (Fsp3) is 0.562. The SMILES string of the molecule is CN(Cc1cc(Br)ccc1F)C1(CC(=O)O)CCCCC1. The zero-order valence-corrected chi connectivity index (χ0v) is 13.8. The molecule has 116 valence electrons. The maximum absolute atomic E-state index is 13.9. The zero-order chi connectivity index (χ0) is 15.5. The number of benzene rings is 1. The number of nitrogens with zero attached hydrogens (tertiary/aromatic N) is 1. The molecule has 0 amide bonds. The lowest BCUT2D eigenvalue weighted by atomic mass is 9.78. The van der Waals surface area contributed by atoms with Gasteiger partial charge in [-0.3, -0.25) is 9.69 Å². The highest BCUT2D eigenvalue weighted by molar-refractivity contribution is 9.10. The number of carboxylic acid groups (broad SMARTS) is 1. The molecule has 0 bridgehead atoms. The molecule has 2 rings (SSSR count). The summed E-state index contributed by atoms with van der Waals surface area (Å²) in [4.78, 5) is 13.3. The quantitative estimate of drug-likeness (QED) is 0.858. The van der Waals surface area contributed by atoms with Crippen molar-refractivity contribution in [1.29, 1.82) is 0 Å². The lowest BCUT2D eigenvalue weighted by Gasteiger charge is -2.44. The smallest absolute Gasteiger partial charge is 0.305 e. The van der Waals surface area contributed by atoms with Crippen molar-refractivity contribution in [2.24, 2.45) is 0 Å². The average molecular weight is 358 g/mol. The minimum absolute atomic E-state index is 0.124. The minimum atomic E-state index is -0.779. The zero-order valence-electron chi connectivity index (χ0n) is 12.2. The lowest BCUT2D eigenvalue weighted by Crippen LogP contribution is -2.49. The van der Waals surface area contributed by atoms with Crippen molar-refractivity contribution < 1.29 is 14.3 Å².